The van der Waals surface area contributed by atoms with Crippen molar-refractivity contribution in [1.29, 1.82) is 0 Å². The minimum absolute atomic E-state index is 0.00125. The first-order valence-corrected chi connectivity index (χ1v) is 23.3. The van der Waals surface area contributed by atoms with Gasteiger partial charge in [-0.3, -0.25) is 9.59 Å². The maximum Gasteiger partial charge on any atom is 0.305 e. The fraction of sp³-hybridized carbons (Fsp3) is 0.875. The number of carbonyl (C=O) groups excluding carboxylic acids is 1. The molecule has 0 heterocycles. The van der Waals surface area contributed by atoms with Crippen molar-refractivity contribution in [3.8, 4) is 0 Å². The third-order valence-electron chi connectivity index (χ3n) is 10.6. The molecular formula is C48H90O4. The van der Waals surface area contributed by atoms with E-state index < -0.39 is 5.97 Å². The molecule has 52 heavy (non-hydrogen) atoms. The van der Waals surface area contributed by atoms with Gasteiger partial charge in [0.15, 0.2) is 0 Å². The Morgan fingerprint density at radius 1 is 0.365 bits per heavy atom. The predicted octanol–water partition coefficient (Wildman–Crippen LogP) is 16.4. The molecule has 0 bridgehead atoms. The molecule has 0 aromatic carbocycles. The van der Waals surface area contributed by atoms with Crippen LogP contribution in [0.15, 0.2) is 24.3 Å². The van der Waals surface area contributed by atoms with Gasteiger partial charge in [-0.15, -0.1) is 0 Å². The van der Waals surface area contributed by atoms with Crippen LogP contribution in [0.25, 0.3) is 0 Å². The van der Waals surface area contributed by atoms with Gasteiger partial charge in [0, 0.05) is 12.8 Å². The fourth-order valence-electron chi connectivity index (χ4n) is 7.10. The van der Waals surface area contributed by atoms with Crippen LogP contribution in [0.3, 0.4) is 0 Å². The van der Waals surface area contributed by atoms with Crippen LogP contribution in [0.2, 0.25) is 0 Å². The van der Waals surface area contributed by atoms with Crippen LogP contribution in [0.1, 0.15) is 264 Å². The second kappa shape index (κ2) is 45.6. The highest BCUT2D eigenvalue weighted by Crippen LogP contribution is 2.16. The number of allylic oxidation sites excluding steroid dienone is 4. The van der Waals surface area contributed by atoms with E-state index in [4.69, 9.17) is 9.84 Å². The van der Waals surface area contributed by atoms with Gasteiger partial charge >= 0.3 is 11.9 Å². The second-order valence-electron chi connectivity index (χ2n) is 15.9. The van der Waals surface area contributed by atoms with Crippen LogP contribution in [0.5, 0.6) is 0 Å². The summed E-state index contributed by atoms with van der Waals surface area (Å²) in [5.41, 5.74) is 0. The summed E-state index contributed by atoms with van der Waals surface area (Å²) in [4.78, 5) is 22.5. The molecule has 0 amide bonds. The van der Waals surface area contributed by atoms with Gasteiger partial charge in [0.2, 0.25) is 0 Å². The summed E-state index contributed by atoms with van der Waals surface area (Å²) in [5.74, 6) is -0.654. The predicted molar refractivity (Wildman–Crippen MR) is 227 cm³/mol. The average molecular weight is 731 g/mol. The third-order valence-corrected chi connectivity index (χ3v) is 10.6. The van der Waals surface area contributed by atoms with Crippen molar-refractivity contribution in [3.05, 3.63) is 24.3 Å². The molecule has 0 saturated carbocycles. The lowest BCUT2D eigenvalue weighted by molar-refractivity contribution is -0.144. The molecule has 0 aliphatic rings. The highest BCUT2D eigenvalue weighted by atomic mass is 16.5. The smallest absolute Gasteiger partial charge is 0.305 e. The number of carboxylic acids is 1. The van der Waals surface area contributed by atoms with Crippen molar-refractivity contribution in [1.82, 2.24) is 0 Å². The van der Waals surface area contributed by atoms with E-state index in [0.29, 0.717) is 19.4 Å². The van der Waals surface area contributed by atoms with E-state index in [9.17, 15) is 9.59 Å². The minimum atomic E-state index is -0.656. The van der Waals surface area contributed by atoms with Crippen LogP contribution in [0.4, 0.5) is 0 Å². The van der Waals surface area contributed by atoms with Crippen LogP contribution in [0, 0.1) is 0 Å². The molecule has 0 aliphatic carbocycles. The first-order valence-electron chi connectivity index (χ1n) is 23.3. The molecule has 0 unspecified atom stereocenters. The summed E-state index contributed by atoms with van der Waals surface area (Å²) in [6.45, 7) is 2.88. The monoisotopic (exact) mass is 731 g/mol. The lowest BCUT2D eigenvalue weighted by atomic mass is 10.0. The Kier molecular flexibility index (Phi) is 44.2. The van der Waals surface area contributed by atoms with Gasteiger partial charge in [-0.05, 0) is 70.6 Å². The molecule has 0 radical (unpaired) electrons. The van der Waals surface area contributed by atoms with Crippen LogP contribution in [-0.4, -0.2) is 23.7 Å². The Morgan fingerprint density at radius 2 is 0.635 bits per heavy atom. The van der Waals surface area contributed by atoms with E-state index in [2.05, 4.69) is 31.2 Å². The molecule has 0 rings (SSSR count). The number of hydrogen-bond acceptors (Lipinski definition) is 3. The molecule has 0 saturated heterocycles. The Balaban J connectivity index is 3.21. The van der Waals surface area contributed by atoms with Gasteiger partial charge in [0.05, 0.1) is 6.61 Å². The highest BCUT2D eigenvalue weighted by molar-refractivity contribution is 5.69. The SMILES string of the molecule is CCCCCCCC/C=C\CCCCCCCC(=O)OCCCCCC/C=C\CCCCCCCCCCCCCCCCCCCCCC(=O)O. The molecule has 0 aromatic heterocycles. The quantitative estimate of drug-likeness (QED) is 0.0385. The molecule has 4 nitrogen and oxygen atoms in total. The number of aliphatic carboxylic acids is 1. The standard InChI is InChI=1S/C48H90O4/c1-2-3-4-5-6-7-8-9-23-27-30-33-36-39-42-45-48(51)52-46-43-40-37-34-31-28-25-22-20-18-16-14-12-10-11-13-15-17-19-21-24-26-29-32-35-38-41-44-47(49)50/h9,23,25,28H,2-8,10-22,24,26-27,29-46H2,1H3,(H,49,50)/b23-9-,28-25-. The number of ether oxygens (including phenoxy) is 1. The lowest BCUT2D eigenvalue weighted by Crippen LogP contribution is -2.05. The molecular weight excluding hydrogens is 641 g/mol. The first kappa shape index (κ1) is 50.4. The molecule has 1 N–H and O–H groups in total. The average Bonchev–Trinajstić information content (AvgIpc) is 3.13. The van der Waals surface area contributed by atoms with Gasteiger partial charge < -0.3 is 9.84 Å². The number of carboxylic acid groups (broad SMARTS) is 1. The topological polar surface area (TPSA) is 63.6 Å². The van der Waals surface area contributed by atoms with E-state index in [0.717, 1.165) is 38.5 Å². The number of esters is 1. The van der Waals surface area contributed by atoms with Crippen molar-refractivity contribution < 1.29 is 19.4 Å². The summed E-state index contributed by atoms with van der Waals surface area (Å²) < 4.78 is 5.45. The Bertz CT molecular complexity index is 772. The fourth-order valence-corrected chi connectivity index (χ4v) is 7.10. The van der Waals surface area contributed by atoms with E-state index >= 15 is 0 Å². The van der Waals surface area contributed by atoms with E-state index in [1.54, 1.807) is 0 Å². The first-order chi connectivity index (χ1) is 25.7. The molecule has 0 aliphatic heterocycles. The largest absolute Gasteiger partial charge is 0.481 e. The van der Waals surface area contributed by atoms with Gasteiger partial charge in [-0.1, -0.05) is 205 Å². The van der Waals surface area contributed by atoms with E-state index in [1.807, 2.05) is 0 Å². The molecule has 0 aromatic rings. The van der Waals surface area contributed by atoms with Crippen molar-refractivity contribution in [2.45, 2.75) is 264 Å². The molecule has 0 fully saturated rings. The summed E-state index contributed by atoms with van der Waals surface area (Å²) >= 11 is 0. The summed E-state index contributed by atoms with van der Waals surface area (Å²) in [5, 5.41) is 8.65. The van der Waals surface area contributed by atoms with Crippen LogP contribution >= 0.6 is 0 Å². The van der Waals surface area contributed by atoms with Gasteiger partial charge in [0.1, 0.15) is 0 Å². The lowest BCUT2D eigenvalue weighted by Gasteiger charge is -2.05. The normalized spacial score (nSPS) is 11.7. The van der Waals surface area contributed by atoms with Crippen molar-refractivity contribution in [2.24, 2.45) is 0 Å². The minimum Gasteiger partial charge on any atom is -0.481 e. The molecule has 0 atom stereocenters. The maximum atomic E-state index is 12.0. The summed E-state index contributed by atoms with van der Waals surface area (Å²) in [6, 6.07) is 0. The van der Waals surface area contributed by atoms with Crippen LogP contribution < -0.4 is 0 Å². The zero-order valence-electron chi connectivity index (χ0n) is 35.0. The van der Waals surface area contributed by atoms with E-state index in [1.165, 1.54) is 205 Å². The van der Waals surface area contributed by atoms with Crippen molar-refractivity contribution in [3.63, 3.8) is 0 Å². The molecule has 4 heteroatoms. The number of unbranched alkanes of at least 4 members (excludes halogenated alkanes) is 34. The Labute approximate surface area is 325 Å². The number of hydrogen-bond donors (Lipinski definition) is 1. The molecule has 306 valence electrons. The van der Waals surface area contributed by atoms with E-state index in [-0.39, 0.29) is 5.97 Å². The molecule has 0 spiro atoms. The summed E-state index contributed by atoms with van der Waals surface area (Å²) in [6.07, 6.45) is 59.5. The van der Waals surface area contributed by atoms with Crippen molar-refractivity contribution >= 4 is 11.9 Å². The summed E-state index contributed by atoms with van der Waals surface area (Å²) in [7, 11) is 0. The maximum absolute atomic E-state index is 12.0. The van der Waals surface area contributed by atoms with Gasteiger partial charge in [-0.25, -0.2) is 0 Å². The Morgan fingerprint density at radius 3 is 0.962 bits per heavy atom. The van der Waals surface area contributed by atoms with Gasteiger partial charge in [-0.2, -0.15) is 0 Å². The zero-order valence-corrected chi connectivity index (χ0v) is 35.0. The second-order valence-corrected chi connectivity index (χ2v) is 15.9. The number of rotatable bonds is 44. The van der Waals surface area contributed by atoms with Gasteiger partial charge in [0.25, 0.3) is 0 Å². The zero-order chi connectivity index (χ0) is 37.7. The third kappa shape index (κ3) is 46.4. The Hall–Kier alpha value is -1.58. The van der Waals surface area contributed by atoms with Crippen LogP contribution in [-0.2, 0) is 14.3 Å². The number of carbonyl (C=O) groups is 2. The highest BCUT2D eigenvalue weighted by Gasteiger charge is 2.03. The van der Waals surface area contributed by atoms with Crippen molar-refractivity contribution in [2.75, 3.05) is 6.61 Å².